The van der Waals surface area contributed by atoms with E-state index in [1.54, 1.807) is 0 Å². The van der Waals surface area contributed by atoms with Crippen molar-refractivity contribution in [2.24, 2.45) is 5.92 Å². The van der Waals surface area contributed by atoms with E-state index < -0.39 is 0 Å². The second kappa shape index (κ2) is 4.97. The summed E-state index contributed by atoms with van der Waals surface area (Å²) in [5, 5.41) is 0. The first-order chi connectivity index (χ1) is 6.18. The molecule has 66 valence electrons. The van der Waals surface area contributed by atoms with Crippen LogP contribution in [-0.2, 0) is 6.42 Å². The molecule has 0 heterocycles. The van der Waals surface area contributed by atoms with Gasteiger partial charge in [-0.1, -0.05) is 50.6 Å². The summed E-state index contributed by atoms with van der Waals surface area (Å²) < 4.78 is 7.84. The van der Waals surface area contributed by atoms with Crippen LogP contribution in [0.3, 0.4) is 0 Å². The highest BCUT2D eigenvalue weighted by Crippen LogP contribution is 2.09. The van der Waals surface area contributed by atoms with E-state index in [1.807, 2.05) is 18.2 Å². The van der Waals surface area contributed by atoms with Gasteiger partial charge in [0.1, 0.15) is 0 Å². The van der Waals surface area contributed by atoms with E-state index in [9.17, 15) is 0 Å². The van der Waals surface area contributed by atoms with Crippen molar-refractivity contribution in [3.05, 3.63) is 35.9 Å². The maximum absolute atomic E-state index is 7.84. The molecule has 0 unspecified atom stereocenters. The van der Waals surface area contributed by atoms with Crippen LogP contribution in [0.15, 0.2) is 30.3 Å². The van der Waals surface area contributed by atoms with Gasteiger partial charge < -0.3 is 0 Å². The van der Waals surface area contributed by atoms with Crippen LogP contribution in [0.25, 0.3) is 0 Å². The molecule has 0 amide bonds. The number of benzene rings is 1. The second-order valence-corrected chi connectivity index (χ2v) is 3.61. The smallest absolute Gasteiger partial charge is 0.0270 e. The van der Waals surface area contributed by atoms with Gasteiger partial charge in [0.2, 0.25) is 0 Å². The molecule has 0 nitrogen and oxygen atoms in total. The molecule has 0 aliphatic carbocycles. The molecular formula is C12H18. The Balaban J connectivity index is 2.41. The predicted molar refractivity (Wildman–Crippen MR) is 54.2 cm³/mol. The summed E-state index contributed by atoms with van der Waals surface area (Å²) in [6.45, 7) is 4.35. The maximum atomic E-state index is 7.84. The highest BCUT2D eigenvalue weighted by Gasteiger charge is 1.94. The Kier molecular flexibility index (Phi) is 3.25. The first kappa shape index (κ1) is 7.85. The second-order valence-electron chi connectivity index (χ2n) is 3.61. The number of hydrogen-bond acceptors (Lipinski definition) is 0. The molecule has 0 saturated carbocycles. The van der Waals surface area contributed by atoms with Gasteiger partial charge in [0.25, 0.3) is 0 Å². The van der Waals surface area contributed by atoms with Gasteiger partial charge in [0.05, 0.1) is 0 Å². The minimum atomic E-state index is 0.0578. The third kappa shape index (κ3) is 3.56. The minimum absolute atomic E-state index is 0.0578. The van der Waals surface area contributed by atoms with Crippen LogP contribution >= 0.6 is 0 Å². The fourth-order valence-electron chi connectivity index (χ4n) is 1.20. The summed E-state index contributed by atoms with van der Waals surface area (Å²) in [6, 6.07) is 10.3. The van der Waals surface area contributed by atoms with Gasteiger partial charge in [-0.15, -0.1) is 0 Å². The van der Waals surface area contributed by atoms with Crippen molar-refractivity contribution in [1.82, 2.24) is 0 Å². The molecule has 0 radical (unpaired) electrons. The van der Waals surface area contributed by atoms with Crippen molar-refractivity contribution in [1.29, 1.82) is 0 Å². The van der Waals surface area contributed by atoms with Gasteiger partial charge in [-0.3, -0.25) is 0 Å². The lowest BCUT2D eigenvalue weighted by molar-refractivity contribution is 0.556. The first-order valence-corrected chi connectivity index (χ1v) is 4.64. The summed E-state index contributed by atoms with van der Waals surface area (Å²) in [5.41, 5.74) is 1.28. The summed E-state index contributed by atoms with van der Waals surface area (Å²) in [4.78, 5) is 0. The van der Waals surface area contributed by atoms with E-state index in [0.717, 1.165) is 12.8 Å². The molecule has 1 aromatic rings. The zero-order valence-electron chi connectivity index (χ0n) is 8.96. The van der Waals surface area contributed by atoms with Crippen LogP contribution in [0, 0.1) is 5.92 Å². The molecule has 0 spiro atoms. The van der Waals surface area contributed by atoms with Crippen molar-refractivity contribution in [2.45, 2.75) is 33.1 Å². The first-order valence-electron chi connectivity index (χ1n) is 5.22. The monoisotopic (exact) mass is 163 g/mol. The third-order valence-electron chi connectivity index (χ3n) is 1.86. The molecule has 1 atom stereocenters. The topological polar surface area (TPSA) is 0 Å². The van der Waals surface area contributed by atoms with E-state index in [-0.39, 0.29) is 6.40 Å². The predicted octanol–water partition coefficient (Wildman–Crippen LogP) is 3.67. The lowest BCUT2D eigenvalue weighted by Gasteiger charge is -2.03. The Labute approximate surface area is 77.0 Å². The van der Waals surface area contributed by atoms with Crippen LogP contribution in [0.4, 0.5) is 0 Å². The van der Waals surface area contributed by atoms with Crippen molar-refractivity contribution < 1.29 is 1.37 Å². The lowest BCUT2D eigenvalue weighted by atomic mass is 10.0. The largest absolute Gasteiger partial charge is 0.0628 e. The van der Waals surface area contributed by atoms with Crippen LogP contribution in [0.1, 0.15) is 33.6 Å². The zero-order valence-corrected chi connectivity index (χ0v) is 7.96. The van der Waals surface area contributed by atoms with Crippen molar-refractivity contribution in [3.8, 4) is 0 Å². The normalized spacial score (nSPS) is 14.4. The van der Waals surface area contributed by atoms with E-state index >= 15 is 0 Å². The van der Waals surface area contributed by atoms with E-state index in [1.165, 1.54) is 5.56 Å². The van der Waals surface area contributed by atoms with E-state index in [2.05, 4.69) is 26.0 Å². The molecule has 1 aromatic carbocycles. The average Bonchev–Trinajstić information content (AvgIpc) is 2.04. The molecule has 0 heteroatoms. The third-order valence-corrected chi connectivity index (χ3v) is 1.86. The highest BCUT2D eigenvalue weighted by molar-refractivity contribution is 5.14. The van der Waals surface area contributed by atoms with Crippen molar-refractivity contribution in [2.75, 3.05) is 0 Å². The van der Waals surface area contributed by atoms with E-state index in [0.29, 0.717) is 5.92 Å². The maximum Gasteiger partial charge on any atom is 0.0270 e. The van der Waals surface area contributed by atoms with Gasteiger partial charge in [-0.2, -0.15) is 0 Å². The summed E-state index contributed by atoms with van der Waals surface area (Å²) in [6.07, 6.45) is 1.94. The van der Waals surface area contributed by atoms with Crippen LogP contribution in [0.2, 0.25) is 0 Å². The Morgan fingerprint density at radius 2 is 1.92 bits per heavy atom. The molecular weight excluding hydrogens is 144 g/mol. The highest BCUT2D eigenvalue weighted by atomic mass is 14.0. The number of hydrogen-bond donors (Lipinski definition) is 0. The Bertz CT molecular complexity index is 228. The van der Waals surface area contributed by atoms with Gasteiger partial charge in [-0.25, -0.2) is 0 Å². The average molecular weight is 163 g/mol. The molecule has 0 fully saturated rings. The van der Waals surface area contributed by atoms with Gasteiger partial charge in [0.15, 0.2) is 0 Å². The summed E-state index contributed by atoms with van der Waals surface area (Å²) >= 11 is 0. The van der Waals surface area contributed by atoms with Crippen LogP contribution in [-0.4, -0.2) is 0 Å². The molecule has 0 aromatic heterocycles. The Hall–Kier alpha value is -0.780. The Morgan fingerprint density at radius 3 is 2.50 bits per heavy atom. The molecule has 12 heavy (non-hydrogen) atoms. The molecule has 0 N–H and O–H groups in total. The SMILES string of the molecule is [2H][C@H](Cc1ccccc1)CC(C)C. The van der Waals surface area contributed by atoms with Crippen molar-refractivity contribution >= 4 is 0 Å². The fraction of sp³-hybridized carbons (Fsp3) is 0.500. The van der Waals surface area contributed by atoms with Crippen LogP contribution < -0.4 is 0 Å². The number of rotatable bonds is 4. The molecule has 0 aliphatic rings. The van der Waals surface area contributed by atoms with Crippen molar-refractivity contribution in [3.63, 3.8) is 0 Å². The Morgan fingerprint density at radius 1 is 1.25 bits per heavy atom. The minimum Gasteiger partial charge on any atom is -0.0628 e. The van der Waals surface area contributed by atoms with E-state index in [4.69, 9.17) is 1.37 Å². The number of aryl methyl sites for hydroxylation is 1. The fourth-order valence-corrected chi connectivity index (χ4v) is 1.20. The van der Waals surface area contributed by atoms with Gasteiger partial charge in [0, 0.05) is 1.37 Å². The zero-order chi connectivity index (χ0) is 9.68. The van der Waals surface area contributed by atoms with Gasteiger partial charge >= 0.3 is 0 Å². The van der Waals surface area contributed by atoms with Gasteiger partial charge in [-0.05, 0) is 24.3 Å². The molecule has 0 saturated heterocycles. The lowest BCUT2D eigenvalue weighted by Crippen LogP contribution is -1.90. The summed E-state index contributed by atoms with van der Waals surface area (Å²) in [7, 11) is 0. The summed E-state index contributed by atoms with van der Waals surface area (Å²) in [5.74, 6) is 0.631. The quantitative estimate of drug-likeness (QED) is 0.635. The molecule has 0 bridgehead atoms. The molecule has 1 rings (SSSR count). The standard InChI is InChI=1S/C12H18/c1-11(2)7-6-10-12-8-4-3-5-9-12/h3-5,8-9,11H,6-7,10H2,1-2H3/i6D/t6-/m0/s1. The molecule has 0 aliphatic heterocycles. The van der Waals surface area contributed by atoms with Crippen LogP contribution in [0.5, 0.6) is 0 Å².